The topological polar surface area (TPSA) is 54.0 Å². The average Bonchev–Trinajstić information content (AvgIpc) is 2.64. The second kappa shape index (κ2) is 7.62. The van der Waals surface area contributed by atoms with Gasteiger partial charge in [0.1, 0.15) is 5.82 Å². The molecule has 3 aromatic rings. The van der Waals surface area contributed by atoms with Crippen LogP contribution in [0.1, 0.15) is 28.4 Å². The van der Waals surface area contributed by atoms with E-state index in [1.54, 1.807) is 12.3 Å². The molecule has 2 N–H and O–H groups in total. The van der Waals surface area contributed by atoms with Crippen LogP contribution in [0.2, 0.25) is 0 Å². The van der Waals surface area contributed by atoms with Gasteiger partial charge < -0.3 is 10.6 Å². The van der Waals surface area contributed by atoms with E-state index in [9.17, 15) is 4.79 Å². The van der Waals surface area contributed by atoms with Crippen molar-refractivity contribution in [1.82, 2.24) is 4.98 Å². The predicted octanol–water partition coefficient (Wildman–Crippen LogP) is 4.95. The number of carbonyl (C=O) groups excluding carboxylic acids is 1. The molecule has 0 spiro atoms. The van der Waals surface area contributed by atoms with Gasteiger partial charge in [0.05, 0.1) is 11.9 Å². The van der Waals surface area contributed by atoms with Gasteiger partial charge >= 0.3 is 0 Å². The Kier molecular flexibility index (Phi) is 5.09. The predicted molar refractivity (Wildman–Crippen MR) is 102 cm³/mol. The molecule has 2 aromatic carbocycles. The SMILES string of the molecule is CCc1ccccc1Nc1ccc(NC(=O)c2ccc(C)cc2)nc1. The van der Waals surface area contributed by atoms with Crippen LogP contribution in [0.3, 0.4) is 0 Å². The Hall–Kier alpha value is -3.14. The van der Waals surface area contributed by atoms with Crippen molar-refractivity contribution >= 4 is 23.1 Å². The molecule has 1 heterocycles. The molecule has 0 unspecified atom stereocenters. The van der Waals surface area contributed by atoms with Gasteiger partial charge in [0.25, 0.3) is 5.91 Å². The van der Waals surface area contributed by atoms with Gasteiger partial charge in [-0.25, -0.2) is 4.98 Å². The van der Waals surface area contributed by atoms with Crippen molar-refractivity contribution < 1.29 is 4.79 Å². The van der Waals surface area contributed by atoms with Gasteiger partial charge in [-0.15, -0.1) is 0 Å². The van der Waals surface area contributed by atoms with E-state index in [1.165, 1.54) is 5.56 Å². The van der Waals surface area contributed by atoms with E-state index < -0.39 is 0 Å². The summed E-state index contributed by atoms with van der Waals surface area (Å²) in [5.74, 6) is 0.365. The van der Waals surface area contributed by atoms with Crippen molar-refractivity contribution in [3.63, 3.8) is 0 Å². The highest BCUT2D eigenvalue weighted by Crippen LogP contribution is 2.21. The zero-order valence-electron chi connectivity index (χ0n) is 14.4. The van der Waals surface area contributed by atoms with Crippen molar-refractivity contribution in [2.45, 2.75) is 20.3 Å². The summed E-state index contributed by atoms with van der Waals surface area (Å²) in [5.41, 5.74) is 4.95. The van der Waals surface area contributed by atoms with Crippen LogP contribution >= 0.6 is 0 Å². The number of nitrogens with one attached hydrogen (secondary N) is 2. The van der Waals surface area contributed by atoms with Crippen molar-refractivity contribution in [2.75, 3.05) is 10.6 Å². The van der Waals surface area contributed by atoms with Crippen molar-refractivity contribution in [3.05, 3.63) is 83.6 Å². The maximum atomic E-state index is 12.2. The standard InChI is InChI=1S/C21H21N3O/c1-3-16-6-4-5-7-19(16)23-18-12-13-20(22-14-18)24-21(25)17-10-8-15(2)9-11-17/h4-14,23H,3H2,1-2H3,(H,22,24,25). The van der Waals surface area contributed by atoms with E-state index in [1.807, 2.05) is 55.5 Å². The van der Waals surface area contributed by atoms with E-state index in [-0.39, 0.29) is 5.91 Å². The first-order chi connectivity index (χ1) is 12.2. The molecule has 4 heteroatoms. The summed E-state index contributed by atoms with van der Waals surface area (Å²) in [6, 6.07) is 19.3. The van der Waals surface area contributed by atoms with Crippen LogP contribution in [0, 0.1) is 6.92 Å². The van der Waals surface area contributed by atoms with Crippen LogP contribution in [-0.2, 0) is 6.42 Å². The highest BCUT2D eigenvalue weighted by atomic mass is 16.1. The molecule has 0 aliphatic carbocycles. The Labute approximate surface area is 147 Å². The number of anilines is 3. The molecule has 1 amide bonds. The molecule has 0 atom stereocenters. The molecule has 25 heavy (non-hydrogen) atoms. The highest BCUT2D eigenvalue weighted by molar-refractivity contribution is 6.03. The lowest BCUT2D eigenvalue weighted by Crippen LogP contribution is -2.12. The molecule has 4 nitrogen and oxygen atoms in total. The molecule has 126 valence electrons. The number of pyridine rings is 1. The number of aromatic nitrogens is 1. The Morgan fingerprint density at radius 3 is 2.44 bits per heavy atom. The summed E-state index contributed by atoms with van der Waals surface area (Å²) >= 11 is 0. The molecule has 0 saturated carbocycles. The molecule has 1 aromatic heterocycles. The molecule has 0 bridgehead atoms. The first kappa shape index (κ1) is 16.7. The Bertz CT molecular complexity index is 855. The fraction of sp³-hybridized carbons (Fsp3) is 0.143. The van der Waals surface area contributed by atoms with Gasteiger partial charge in [-0.3, -0.25) is 4.79 Å². The van der Waals surface area contributed by atoms with Crippen molar-refractivity contribution in [3.8, 4) is 0 Å². The molecule has 0 aliphatic rings. The average molecular weight is 331 g/mol. The summed E-state index contributed by atoms with van der Waals surface area (Å²) in [6.07, 6.45) is 2.68. The minimum Gasteiger partial charge on any atom is -0.354 e. The van der Waals surface area contributed by atoms with E-state index in [0.29, 0.717) is 11.4 Å². The lowest BCUT2D eigenvalue weighted by molar-refractivity contribution is 0.102. The number of benzene rings is 2. The minimum absolute atomic E-state index is 0.162. The molecule has 0 radical (unpaired) electrons. The van der Waals surface area contributed by atoms with E-state index >= 15 is 0 Å². The van der Waals surface area contributed by atoms with E-state index in [0.717, 1.165) is 23.4 Å². The van der Waals surface area contributed by atoms with Crippen molar-refractivity contribution in [1.29, 1.82) is 0 Å². The Morgan fingerprint density at radius 2 is 1.76 bits per heavy atom. The summed E-state index contributed by atoms with van der Waals surface area (Å²) in [5, 5.41) is 6.18. The lowest BCUT2D eigenvalue weighted by Gasteiger charge is -2.11. The van der Waals surface area contributed by atoms with Crippen LogP contribution in [0.25, 0.3) is 0 Å². The highest BCUT2D eigenvalue weighted by Gasteiger charge is 2.07. The Morgan fingerprint density at radius 1 is 1.00 bits per heavy atom. The van der Waals surface area contributed by atoms with Gasteiger partial charge in [0, 0.05) is 11.3 Å². The van der Waals surface area contributed by atoms with Crippen molar-refractivity contribution in [2.24, 2.45) is 0 Å². The summed E-state index contributed by atoms with van der Waals surface area (Å²) < 4.78 is 0. The van der Waals surface area contributed by atoms with Gasteiger partial charge in [-0.05, 0) is 49.2 Å². The monoisotopic (exact) mass is 331 g/mol. The third kappa shape index (κ3) is 4.23. The van der Waals surface area contributed by atoms with Gasteiger partial charge in [-0.2, -0.15) is 0 Å². The number of para-hydroxylation sites is 1. The number of aryl methyl sites for hydroxylation is 2. The number of hydrogen-bond acceptors (Lipinski definition) is 3. The van der Waals surface area contributed by atoms with Crippen LogP contribution < -0.4 is 10.6 Å². The zero-order chi connectivity index (χ0) is 17.6. The van der Waals surface area contributed by atoms with Crippen LogP contribution in [-0.4, -0.2) is 10.9 Å². The molecular weight excluding hydrogens is 310 g/mol. The number of rotatable bonds is 5. The molecule has 0 aliphatic heterocycles. The smallest absolute Gasteiger partial charge is 0.256 e. The number of hydrogen-bond donors (Lipinski definition) is 2. The molecule has 0 saturated heterocycles. The number of nitrogens with zero attached hydrogens (tertiary/aromatic N) is 1. The second-order valence-corrected chi connectivity index (χ2v) is 5.89. The summed E-state index contributed by atoms with van der Waals surface area (Å²) in [7, 11) is 0. The molecule has 3 rings (SSSR count). The van der Waals surface area contributed by atoms with E-state index in [2.05, 4.69) is 28.6 Å². The third-order valence-corrected chi connectivity index (χ3v) is 4.00. The maximum absolute atomic E-state index is 12.2. The number of amides is 1. The fourth-order valence-corrected chi connectivity index (χ4v) is 2.54. The van der Waals surface area contributed by atoms with Gasteiger partial charge in [0.2, 0.25) is 0 Å². The zero-order valence-corrected chi connectivity index (χ0v) is 14.4. The lowest BCUT2D eigenvalue weighted by atomic mass is 10.1. The number of carbonyl (C=O) groups is 1. The third-order valence-electron chi connectivity index (χ3n) is 4.00. The summed E-state index contributed by atoms with van der Waals surface area (Å²) in [6.45, 7) is 4.12. The van der Waals surface area contributed by atoms with Crippen LogP contribution in [0.15, 0.2) is 66.9 Å². The van der Waals surface area contributed by atoms with Crippen LogP contribution in [0.5, 0.6) is 0 Å². The quantitative estimate of drug-likeness (QED) is 0.695. The normalized spacial score (nSPS) is 10.3. The fourth-order valence-electron chi connectivity index (χ4n) is 2.54. The minimum atomic E-state index is -0.162. The second-order valence-electron chi connectivity index (χ2n) is 5.89. The van der Waals surface area contributed by atoms with Gasteiger partial charge in [0.15, 0.2) is 0 Å². The summed E-state index contributed by atoms with van der Waals surface area (Å²) in [4.78, 5) is 16.5. The molecule has 0 fully saturated rings. The maximum Gasteiger partial charge on any atom is 0.256 e. The molecular formula is C21H21N3O. The first-order valence-electron chi connectivity index (χ1n) is 8.34. The van der Waals surface area contributed by atoms with Crippen LogP contribution in [0.4, 0.5) is 17.2 Å². The van der Waals surface area contributed by atoms with Gasteiger partial charge in [-0.1, -0.05) is 42.8 Å². The first-order valence-corrected chi connectivity index (χ1v) is 8.34. The van der Waals surface area contributed by atoms with E-state index in [4.69, 9.17) is 0 Å². The largest absolute Gasteiger partial charge is 0.354 e. The Balaban J connectivity index is 1.68.